The minimum Gasteiger partial charge on any atom is -0.444 e. The molecule has 122 valence electrons. The van der Waals surface area contributed by atoms with E-state index in [0.29, 0.717) is 6.54 Å². The van der Waals surface area contributed by atoms with Gasteiger partial charge in [-0.05, 0) is 51.3 Å². The number of carbonyl (C=O) groups is 1. The predicted molar refractivity (Wildman–Crippen MR) is 86.3 cm³/mol. The summed E-state index contributed by atoms with van der Waals surface area (Å²) in [6.45, 7) is 6.97. The molecule has 1 aliphatic heterocycles. The van der Waals surface area contributed by atoms with Gasteiger partial charge < -0.3 is 14.5 Å². The minimum absolute atomic E-state index is 0.187. The second-order valence-corrected chi connectivity index (χ2v) is 6.86. The van der Waals surface area contributed by atoms with Crippen LogP contribution < -0.4 is 4.90 Å². The molecule has 1 aliphatic rings. The van der Waals surface area contributed by atoms with E-state index in [2.05, 4.69) is 9.97 Å². The molecule has 0 N–H and O–H groups in total. The zero-order chi connectivity index (χ0) is 16.3. The number of amides is 1. The molecule has 1 atom stereocenters. The summed E-state index contributed by atoms with van der Waals surface area (Å²) in [4.78, 5) is 24.1. The summed E-state index contributed by atoms with van der Waals surface area (Å²) < 4.78 is 5.45. The summed E-state index contributed by atoms with van der Waals surface area (Å²) in [5.41, 5.74) is -0.476. The van der Waals surface area contributed by atoms with Crippen molar-refractivity contribution in [2.24, 2.45) is 0 Å². The first kappa shape index (κ1) is 16.8. The molecule has 2 rings (SSSR count). The smallest absolute Gasteiger partial charge is 0.410 e. The van der Waals surface area contributed by atoms with Crippen LogP contribution in [0.1, 0.15) is 33.6 Å². The Hall–Kier alpha value is -1.56. The van der Waals surface area contributed by atoms with Crippen LogP contribution in [0, 0.1) is 0 Å². The maximum atomic E-state index is 12.2. The number of likely N-dealkylation sites (N-methyl/N-ethyl adjacent to an activating group) is 1. The second kappa shape index (κ2) is 6.69. The summed E-state index contributed by atoms with van der Waals surface area (Å²) in [5, 5.41) is 0.226. The van der Waals surface area contributed by atoms with Gasteiger partial charge in [-0.15, -0.1) is 0 Å². The second-order valence-electron chi connectivity index (χ2n) is 6.52. The molecule has 0 unspecified atom stereocenters. The van der Waals surface area contributed by atoms with Gasteiger partial charge in [0.15, 0.2) is 0 Å². The van der Waals surface area contributed by atoms with E-state index in [4.69, 9.17) is 16.3 Å². The van der Waals surface area contributed by atoms with Crippen LogP contribution in [0.15, 0.2) is 12.3 Å². The fraction of sp³-hybridized carbons (Fsp3) is 0.667. The van der Waals surface area contributed by atoms with Crippen LogP contribution in [-0.2, 0) is 4.74 Å². The van der Waals surface area contributed by atoms with Crippen molar-refractivity contribution >= 4 is 23.5 Å². The first-order chi connectivity index (χ1) is 10.3. The van der Waals surface area contributed by atoms with Crippen LogP contribution in [0.3, 0.4) is 0 Å². The van der Waals surface area contributed by atoms with Crippen molar-refractivity contribution in [1.82, 2.24) is 14.9 Å². The number of aromatic nitrogens is 2. The van der Waals surface area contributed by atoms with E-state index in [0.717, 1.165) is 25.2 Å². The van der Waals surface area contributed by atoms with E-state index in [1.54, 1.807) is 11.1 Å². The van der Waals surface area contributed by atoms with Crippen LogP contribution >= 0.6 is 11.6 Å². The van der Waals surface area contributed by atoms with Gasteiger partial charge in [0.2, 0.25) is 5.28 Å². The molecule has 0 radical (unpaired) electrons. The minimum atomic E-state index is -0.476. The molecule has 22 heavy (non-hydrogen) atoms. The standard InChI is InChI=1S/C15H23ClN4O2/c1-15(2,3)22-14(21)20-9-5-6-11(10-20)19(4)12-7-8-17-13(16)18-12/h7-8,11H,5-6,9-10H2,1-4H3/t11-/m1/s1. The molecule has 0 bridgehead atoms. The summed E-state index contributed by atoms with van der Waals surface area (Å²) >= 11 is 5.85. The fourth-order valence-corrected chi connectivity index (χ4v) is 2.62. The zero-order valence-corrected chi connectivity index (χ0v) is 14.3. The summed E-state index contributed by atoms with van der Waals surface area (Å²) in [5.74, 6) is 0.760. The highest BCUT2D eigenvalue weighted by Crippen LogP contribution is 2.22. The number of nitrogens with zero attached hydrogens (tertiary/aromatic N) is 4. The highest BCUT2D eigenvalue weighted by molar-refractivity contribution is 6.28. The van der Waals surface area contributed by atoms with Crippen LogP contribution in [-0.4, -0.2) is 52.7 Å². The fourth-order valence-electron chi connectivity index (χ4n) is 2.47. The number of carbonyl (C=O) groups excluding carboxylic acids is 1. The van der Waals surface area contributed by atoms with Gasteiger partial charge in [-0.2, -0.15) is 0 Å². The van der Waals surface area contributed by atoms with Crippen molar-refractivity contribution in [2.45, 2.75) is 45.3 Å². The van der Waals surface area contributed by atoms with Crippen molar-refractivity contribution in [3.05, 3.63) is 17.5 Å². The number of hydrogen-bond donors (Lipinski definition) is 0. The van der Waals surface area contributed by atoms with Gasteiger partial charge in [-0.3, -0.25) is 0 Å². The molecule has 1 saturated heterocycles. The molecule has 1 fully saturated rings. The Morgan fingerprint density at radius 3 is 2.86 bits per heavy atom. The topological polar surface area (TPSA) is 58.6 Å². The van der Waals surface area contributed by atoms with Gasteiger partial charge >= 0.3 is 6.09 Å². The molecule has 1 aromatic heterocycles. The Morgan fingerprint density at radius 2 is 2.23 bits per heavy atom. The highest BCUT2D eigenvalue weighted by Gasteiger charge is 2.29. The van der Waals surface area contributed by atoms with Gasteiger partial charge in [0.05, 0.1) is 0 Å². The average molecular weight is 327 g/mol. The third-order valence-electron chi connectivity index (χ3n) is 3.57. The Kier molecular flexibility index (Phi) is 5.11. The zero-order valence-electron chi connectivity index (χ0n) is 13.5. The molecule has 1 amide bonds. The molecular formula is C15H23ClN4O2. The third kappa shape index (κ3) is 4.47. The van der Waals surface area contributed by atoms with Gasteiger partial charge in [0.25, 0.3) is 0 Å². The number of rotatable bonds is 2. The van der Waals surface area contributed by atoms with Crippen molar-refractivity contribution < 1.29 is 9.53 Å². The Bertz CT molecular complexity index is 533. The number of hydrogen-bond acceptors (Lipinski definition) is 5. The molecule has 7 heteroatoms. The molecule has 1 aromatic rings. The molecule has 0 spiro atoms. The molecule has 0 saturated carbocycles. The van der Waals surface area contributed by atoms with E-state index in [1.165, 1.54) is 0 Å². The van der Waals surface area contributed by atoms with E-state index >= 15 is 0 Å². The lowest BCUT2D eigenvalue weighted by atomic mass is 10.0. The van der Waals surface area contributed by atoms with Crippen LogP contribution in [0.4, 0.5) is 10.6 Å². The molecular weight excluding hydrogens is 304 g/mol. The maximum Gasteiger partial charge on any atom is 0.410 e. The molecule has 6 nitrogen and oxygen atoms in total. The van der Waals surface area contributed by atoms with E-state index in [1.807, 2.05) is 38.8 Å². The SMILES string of the molecule is CN(c1ccnc(Cl)n1)[C@@H]1CCCN(C(=O)OC(C)(C)C)C1. The number of anilines is 1. The summed E-state index contributed by atoms with van der Waals surface area (Å²) in [6, 6.07) is 2.01. The lowest BCUT2D eigenvalue weighted by molar-refractivity contribution is 0.0199. The van der Waals surface area contributed by atoms with Crippen molar-refractivity contribution in [2.75, 3.05) is 25.0 Å². The largest absolute Gasteiger partial charge is 0.444 e. The van der Waals surface area contributed by atoms with Crippen molar-refractivity contribution in [1.29, 1.82) is 0 Å². The van der Waals surface area contributed by atoms with Gasteiger partial charge in [0.1, 0.15) is 11.4 Å². The highest BCUT2D eigenvalue weighted by atomic mass is 35.5. The van der Waals surface area contributed by atoms with E-state index in [-0.39, 0.29) is 17.4 Å². The van der Waals surface area contributed by atoms with Crippen LogP contribution in [0.2, 0.25) is 5.28 Å². The van der Waals surface area contributed by atoms with Crippen LogP contribution in [0.5, 0.6) is 0 Å². The van der Waals surface area contributed by atoms with Gasteiger partial charge in [0, 0.05) is 32.4 Å². The Morgan fingerprint density at radius 1 is 1.50 bits per heavy atom. The monoisotopic (exact) mass is 326 g/mol. The maximum absolute atomic E-state index is 12.2. The Labute approximate surface area is 136 Å². The molecule has 2 heterocycles. The number of halogens is 1. The number of likely N-dealkylation sites (tertiary alicyclic amines) is 1. The normalized spacial score (nSPS) is 19.0. The summed E-state index contributed by atoms with van der Waals surface area (Å²) in [7, 11) is 1.96. The van der Waals surface area contributed by atoms with E-state index < -0.39 is 5.60 Å². The third-order valence-corrected chi connectivity index (χ3v) is 3.75. The molecule has 0 aliphatic carbocycles. The predicted octanol–water partition coefficient (Wildman–Crippen LogP) is 2.97. The number of ether oxygens (including phenoxy) is 1. The summed E-state index contributed by atoms with van der Waals surface area (Å²) in [6.07, 6.45) is 3.31. The molecule has 0 aromatic carbocycles. The van der Waals surface area contributed by atoms with Crippen LogP contribution in [0.25, 0.3) is 0 Å². The lowest BCUT2D eigenvalue weighted by Crippen LogP contribution is -2.50. The first-order valence-electron chi connectivity index (χ1n) is 7.45. The first-order valence-corrected chi connectivity index (χ1v) is 7.83. The van der Waals surface area contributed by atoms with E-state index in [9.17, 15) is 4.79 Å². The van der Waals surface area contributed by atoms with Gasteiger partial charge in [-0.25, -0.2) is 14.8 Å². The Balaban J connectivity index is 2.02. The average Bonchev–Trinajstić information content (AvgIpc) is 2.45. The lowest BCUT2D eigenvalue weighted by Gasteiger charge is -2.38. The quantitative estimate of drug-likeness (QED) is 0.782. The number of piperidine rings is 1. The van der Waals surface area contributed by atoms with Gasteiger partial charge in [-0.1, -0.05) is 0 Å². The van der Waals surface area contributed by atoms with Crippen molar-refractivity contribution in [3.63, 3.8) is 0 Å². The van der Waals surface area contributed by atoms with Crippen molar-refractivity contribution in [3.8, 4) is 0 Å².